The molecule has 0 bridgehead atoms. The Balaban J connectivity index is 1.72. The van der Waals surface area contributed by atoms with E-state index in [2.05, 4.69) is 15.6 Å². The standard InChI is InChI=1S/C22H21N3O5/c1-23-21(26)18-12-16(29-3)8-10-19(18)25-22(27)20-11-9-17(13-24-20)30-15-6-4-14(28-2)5-7-15/h4-13H,1-3H3,(H,23,26)(H,25,27). The lowest BCUT2D eigenvalue weighted by atomic mass is 10.1. The first-order valence-electron chi connectivity index (χ1n) is 9.03. The number of anilines is 1. The van der Waals surface area contributed by atoms with Crippen LogP contribution in [0.25, 0.3) is 0 Å². The van der Waals surface area contributed by atoms with Crippen molar-refractivity contribution in [2.75, 3.05) is 26.6 Å². The molecule has 0 aliphatic carbocycles. The molecule has 30 heavy (non-hydrogen) atoms. The first kappa shape index (κ1) is 20.7. The lowest BCUT2D eigenvalue weighted by Crippen LogP contribution is -2.22. The number of amides is 2. The van der Waals surface area contributed by atoms with Crippen molar-refractivity contribution in [3.63, 3.8) is 0 Å². The van der Waals surface area contributed by atoms with Crippen molar-refractivity contribution < 1.29 is 23.8 Å². The number of nitrogens with one attached hydrogen (secondary N) is 2. The highest BCUT2D eigenvalue weighted by Gasteiger charge is 2.15. The molecule has 0 spiro atoms. The van der Waals surface area contributed by atoms with Crippen molar-refractivity contribution >= 4 is 17.5 Å². The lowest BCUT2D eigenvalue weighted by molar-refractivity contribution is 0.0963. The Bertz CT molecular complexity index is 1030. The summed E-state index contributed by atoms with van der Waals surface area (Å²) in [4.78, 5) is 28.8. The van der Waals surface area contributed by atoms with Crippen LogP contribution in [0, 0.1) is 0 Å². The summed E-state index contributed by atoms with van der Waals surface area (Å²) in [7, 11) is 4.60. The van der Waals surface area contributed by atoms with E-state index in [0.717, 1.165) is 5.75 Å². The Morgan fingerprint density at radius 1 is 0.800 bits per heavy atom. The number of hydrogen-bond acceptors (Lipinski definition) is 6. The normalized spacial score (nSPS) is 10.1. The highest BCUT2D eigenvalue weighted by molar-refractivity contribution is 6.08. The highest BCUT2D eigenvalue weighted by Crippen LogP contribution is 2.25. The van der Waals surface area contributed by atoms with Crippen molar-refractivity contribution in [3.05, 3.63) is 72.1 Å². The van der Waals surface area contributed by atoms with E-state index in [1.807, 2.05) is 0 Å². The van der Waals surface area contributed by atoms with Gasteiger partial charge in [-0.25, -0.2) is 4.98 Å². The van der Waals surface area contributed by atoms with Gasteiger partial charge in [0.15, 0.2) is 0 Å². The molecule has 0 saturated carbocycles. The molecule has 1 heterocycles. The van der Waals surface area contributed by atoms with Crippen molar-refractivity contribution in [2.45, 2.75) is 0 Å². The Morgan fingerprint density at radius 3 is 2.03 bits per heavy atom. The zero-order chi connectivity index (χ0) is 21.5. The second kappa shape index (κ2) is 9.42. The van der Waals surface area contributed by atoms with E-state index >= 15 is 0 Å². The summed E-state index contributed by atoms with van der Waals surface area (Å²) in [5, 5.41) is 5.24. The average Bonchev–Trinajstić information content (AvgIpc) is 2.79. The van der Waals surface area contributed by atoms with Crippen LogP contribution in [0.15, 0.2) is 60.8 Å². The molecule has 2 amide bonds. The summed E-state index contributed by atoms with van der Waals surface area (Å²) in [6.07, 6.45) is 1.45. The van der Waals surface area contributed by atoms with E-state index in [9.17, 15) is 9.59 Å². The lowest BCUT2D eigenvalue weighted by Gasteiger charge is -2.12. The van der Waals surface area contributed by atoms with Gasteiger partial charge in [0.1, 0.15) is 28.7 Å². The molecule has 0 unspecified atom stereocenters. The fourth-order valence-corrected chi connectivity index (χ4v) is 2.62. The van der Waals surface area contributed by atoms with Crippen LogP contribution in [0.3, 0.4) is 0 Å². The van der Waals surface area contributed by atoms with Gasteiger partial charge in [0, 0.05) is 7.05 Å². The van der Waals surface area contributed by atoms with E-state index in [1.54, 1.807) is 55.6 Å². The second-order valence-electron chi connectivity index (χ2n) is 6.10. The summed E-state index contributed by atoms with van der Waals surface area (Å²) >= 11 is 0. The molecule has 1 aromatic heterocycles. The molecular formula is C22H21N3O5. The van der Waals surface area contributed by atoms with E-state index in [4.69, 9.17) is 14.2 Å². The zero-order valence-electron chi connectivity index (χ0n) is 16.8. The van der Waals surface area contributed by atoms with Crippen LogP contribution < -0.4 is 24.8 Å². The molecule has 2 aromatic carbocycles. The Labute approximate surface area is 173 Å². The molecule has 0 saturated heterocycles. The number of ether oxygens (including phenoxy) is 3. The highest BCUT2D eigenvalue weighted by atomic mass is 16.5. The maximum atomic E-state index is 12.6. The third-order valence-electron chi connectivity index (χ3n) is 4.21. The van der Waals surface area contributed by atoms with Gasteiger partial charge in [-0.15, -0.1) is 0 Å². The van der Waals surface area contributed by atoms with E-state index < -0.39 is 5.91 Å². The van der Waals surface area contributed by atoms with Crippen molar-refractivity contribution in [1.82, 2.24) is 10.3 Å². The monoisotopic (exact) mass is 407 g/mol. The Hall–Kier alpha value is -4.07. The number of methoxy groups -OCH3 is 2. The van der Waals surface area contributed by atoms with Gasteiger partial charge in [0.2, 0.25) is 0 Å². The molecule has 3 aromatic rings. The molecule has 0 fully saturated rings. The van der Waals surface area contributed by atoms with E-state index in [1.165, 1.54) is 26.4 Å². The van der Waals surface area contributed by atoms with Crippen LogP contribution in [0.2, 0.25) is 0 Å². The maximum Gasteiger partial charge on any atom is 0.274 e. The fraction of sp³-hybridized carbons (Fsp3) is 0.136. The molecule has 154 valence electrons. The topological polar surface area (TPSA) is 98.8 Å². The second-order valence-corrected chi connectivity index (χ2v) is 6.10. The number of aromatic nitrogens is 1. The third kappa shape index (κ3) is 4.85. The predicted molar refractivity (Wildman–Crippen MR) is 112 cm³/mol. The number of carbonyl (C=O) groups excluding carboxylic acids is 2. The summed E-state index contributed by atoms with van der Waals surface area (Å²) in [5.74, 6) is 1.52. The average molecular weight is 407 g/mol. The van der Waals surface area contributed by atoms with Crippen LogP contribution in [0.5, 0.6) is 23.0 Å². The SMILES string of the molecule is CNC(=O)c1cc(OC)ccc1NC(=O)c1ccc(Oc2ccc(OC)cc2)cn1. The van der Waals surface area contributed by atoms with E-state index in [-0.39, 0.29) is 17.2 Å². The van der Waals surface area contributed by atoms with Crippen LogP contribution in [-0.2, 0) is 0 Å². The first-order chi connectivity index (χ1) is 14.5. The molecule has 8 heteroatoms. The summed E-state index contributed by atoms with van der Waals surface area (Å²) < 4.78 is 16.0. The predicted octanol–water partition coefficient (Wildman–Crippen LogP) is 3.50. The van der Waals surface area contributed by atoms with Crippen molar-refractivity contribution in [1.29, 1.82) is 0 Å². The number of hydrogen-bond donors (Lipinski definition) is 2. The molecule has 0 aliphatic rings. The fourth-order valence-electron chi connectivity index (χ4n) is 2.62. The van der Waals surface area contributed by atoms with Gasteiger partial charge in [-0.2, -0.15) is 0 Å². The van der Waals surface area contributed by atoms with Gasteiger partial charge in [-0.05, 0) is 54.6 Å². The van der Waals surface area contributed by atoms with Gasteiger partial charge in [-0.1, -0.05) is 0 Å². The number of pyridine rings is 1. The van der Waals surface area contributed by atoms with Crippen LogP contribution in [0.4, 0.5) is 5.69 Å². The van der Waals surface area contributed by atoms with E-state index in [0.29, 0.717) is 22.9 Å². The van der Waals surface area contributed by atoms with Crippen LogP contribution in [-0.4, -0.2) is 38.1 Å². The molecule has 3 rings (SSSR count). The van der Waals surface area contributed by atoms with Crippen molar-refractivity contribution in [2.24, 2.45) is 0 Å². The van der Waals surface area contributed by atoms with Crippen LogP contribution >= 0.6 is 0 Å². The summed E-state index contributed by atoms with van der Waals surface area (Å²) in [6.45, 7) is 0. The Kier molecular flexibility index (Phi) is 6.49. The molecule has 8 nitrogen and oxygen atoms in total. The molecule has 0 atom stereocenters. The minimum atomic E-state index is -0.457. The largest absolute Gasteiger partial charge is 0.497 e. The molecule has 2 N–H and O–H groups in total. The minimum absolute atomic E-state index is 0.177. The van der Waals surface area contributed by atoms with Gasteiger partial charge >= 0.3 is 0 Å². The molecule has 0 radical (unpaired) electrons. The third-order valence-corrected chi connectivity index (χ3v) is 4.21. The van der Waals surface area contributed by atoms with Gasteiger partial charge in [0.25, 0.3) is 11.8 Å². The smallest absolute Gasteiger partial charge is 0.274 e. The van der Waals surface area contributed by atoms with Crippen molar-refractivity contribution in [3.8, 4) is 23.0 Å². The Morgan fingerprint density at radius 2 is 1.43 bits per heavy atom. The quantitative estimate of drug-likeness (QED) is 0.622. The zero-order valence-corrected chi connectivity index (χ0v) is 16.8. The number of nitrogens with zero attached hydrogens (tertiary/aromatic N) is 1. The number of rotatable bonds is 7. The summed E-state index contributed by atoms with van der Waals surface area (Å²) in [5.41, 5.74) is 0.806. The summed E-state index contributed by atoms with van der Waals surface area (Å²) in [6, 6.07) is 15.1. The molecular weight excluding hydrogens is 386 g/mol. The van der Waals surface area contributed by atoms with Gasteiger partial charge < -0.3 is 24.8 Å². The van der Waals surface area contributed by atoms with Crippen LogP contribution in [0.1, 0.15) is 20.8 Å². The van der Waals surface area contributed by atoms with Gasteiger partial charge in [0.05, 0.1) is 31.7 Å². The number of benzene rings is 2. The minimum Gasteiger partial charge on any atom is -0.497 e. The van der Waals surface area contributed by atoms with Gasteiger partial charge in [-0.3, -0.25) is 9.59 Å². The number of carbonyl (C=O) groups is 2. The first-order valence-corrected chi connectivity index (χ1v) is 9.03. The maximum absolute atomic E-state index is 12.6. The molecule has 0 aliphatic heterocycles.